The highest BCUT2D eigenvalue weighted by molar-refractivity contribution is 5.69. The first kappa shape index (κ1) is 19.3. The van der Waals surface area contributed by atoms with E-state index in [2.05, 4.69) is 10.1 Å². The van der Waals surface area contributed by atoms with Crippen molar-refractivity contribution in [3.05, 3.63) is 69.9 Å². The molecule has 11 heteroatoms. The molecular formula is C17H14F2N4O5. The van der Waals surface area contributed by atoms with E-state index in [0.717, 1.165) is 35.3 Å². The van der Waals surface area contributed by atoms with Crippen LogP contribution < -0.4 is 4.74 Å². The van der Waals surface area contributed by atoms with Crippen LogP contribution in [0.4, 0.5) is 14.5 Å². The van der Waals surface area contributed by atoms with Gasteiger partial charge in [-0.1, -0.05) is 0 Å². The summed E-state index contributed by atoms with van der Waals surface area (Å²) in [5, 5.41) is 35.6. The zero-order chi connectivity index (χ0) is 20.5. The number of aromatic nitrogens is 3. The fraction of sp³-hybridized carbons (Fsp3) is 0.176. The van der Waals surface area contributed by atoms with E-state index in [1.54, 1.807) is 0 Å². The molecule has 2 N–H and O–H groups in total. The zero-order valence-corrected chi connectivity index (χ0v) is 14.4. The lowest BCUT2D eigenvalue weighted by molar-refractivity contribution is -0.385. The number of nitro groups is 1. The summed E-state index contributed by atoms with van der Waals surface area (Å²) in [6.45, 7) is -0.968. The van der Waals surface area contributed by atoms with Gasteiger partial charge in [-0.25, -0.2) is 18.4 Å². The number of nitro benzene ring substituents is 1. The molecule has 146 valence electrons. The Hall–Kier alpha value is -3.44. The molecule has 0 fully saturated rings. The fourth-order valence-corrected chi connectivity index (χ4v) is 2.59. The molecule has 0 spiro atoms. The number of rotatable bonds is 6. The van der Waals surface area contributed by atoms with E-state index in [-0.39, 0.29) is 28.3 Å². The summed E-state index contributed by atoms with van der Waals surface area (Å²) >= 11 is 0. The molecule has 28 heavy (non-hydrogen) atoms. The van der Waals surface area contributed by atoms with Gasteiger partial charge < -0.3 is 14.9 Å². The smallest absolute Gasteiger partial charge is 0.273 e. The summed E-state index contributed by atoms with van der Waals surface area (Å²) in [5.41, 5.74) is -1.01. The Balaban J connectivity index is 2.14. The topological polar surface area (TPSA) is 124 Å². The van der Waals surface area contributed by atoms with Crippen LogP contribution in [0.1, 0.15) is 11.3 Å². The Morgan fingerprint density at radius 1 is 1.32 bits per heavy atom. The van der Waals surface area contributed by atoms with Gasteiger partial charge in [-0.3, -0.25) is 10.1 Å². The van der Waals surface area contributed by atoms with Crippen molar-refractivity contribution in [3.8, 4) is 17.0 Å². The molecule has 0 unspecified atom stereocenters. The number of methoxy groups -OCH3 is 1. The van der Waals surface area contributed by atoms with E-state index >= 15 is 0 Å². The highest BCUT2D eigenvalue weighted by Crippen LogP contribution is 2.34. The standard InChI is InChI=1S/C17H14F2N4O5/c1-28-14-2-3-15(17(24,25)11-7-20-22(8-11)9-18)21-16(14)10-4-12(19)6-13(5-10)23(26)27/h2-8,24-25H,9H2,1H3. The monoisotopic (exact) mass is 392 g/mol. The average Bonchev–Trinajstić information content (AvgIpc) is 3.17. The number of pyridine rings is 1. The Morgan fingerprint density at radius 3 is 2.68 bits per heavy atom. The average molecular weight is 392 g/mol. The van der Waals surface area contributed by atoms with Crippen molar-refractivity contribution in [2.75, 3.05) is 7.11 Å². The van der Waals surface area contributed by atoms with Crippen LogP contribution in [0.3, 0.4) is 0 Å². The molecule has 2 aromatic heterocycles. The molecule has 1 aromatic carbocycles. The summed E-state index contributed by atoms with van der Waals surface area (Å²) in [7, 11) is 1.31. The van der Waals surface area contributed by atoms with Crippen LogP contribution >= 0.6 is 0 Å². The van der Waals surface area contributed by atoms with Crippen LogP contribution in [0, 0.1) is 15.9 Å². The summed E-state index contributed by atoms with van der Waals surface area (Å²) in [6.07, 6.45) is 2.14. The van der Waals surface area contributed by atoms with E-state index in [4.69, 9.17) is 4.74 Å². The van der Waals surface area contributed by atoms with E-state index in [1.807, 2.05) is 0 Å². The number of aliphatic hydroxyl groups is 2. The molecule has 0 bridgehead atoms. The Kier molecular flexibility index (Phi) is 5.03. The summed E-state index contributed by atoms with van der Waals surface area (Å²) in [5.74, 6) is -3.39. The Labute approximate surface area is 156 Å². The molecule has 0 aliphatic heterocycles. The highest BCUT2D eigenvalue weighted by atomic mass is 19.1. The van der Waals surface area contributed by atoms with Crippen molar-refractivity contribution in [2.45, 2.75) is 12.6 Å². The van der Waals surface area contributed by atoms with Gasteiger partial charge in [0.25, 0.3) is 5.69 Å². The van der Waals surface area contributed by atoms with E-state index in [1.165, 1.54) is 19.2 Å². The van der Waals surface area contributed by atoms with Gasteiger partial charge >= 0.3 is 0 Å². The first-order valence-electron chi connectivity index (χ1n) is 7.80. The summed E-state index contributed by atoms with van der Waals surface area (Å²) < 4.78 is 32.5. The van der Waals surface area contributed by atoms with Gasteiger partial charge in [0.1, 0.15) is 23.0 Å². The predicted octanol–water partition coefficient (Wildman–Crippen LogP) is 2.11. The molecule has 0 aliphatic carbocycles. The van der Waals surface area contributed by atoms with Crippen molar-refractivity contribution < 1.29 is 28.7 Å². The van der Waals surface area contributed by atoms with Gasteiger partial charge in [0, 0.05) is 17.8 Å². The maximum absolute atomic E-state index is 13.8. The molecule has 9 nitrogen and oxygen atoms in total. The third-order valence-electron chi connectivity index (χ3n) is 3.96. The van der Waals surface area contributed by atoms with E-state index in [9.17, 15) is 29.1 Å². The largest absolute Gasteiger partial charge is 0.494 e. The SMILES string of the molecule is COc1ccc(C(O)(O)c2cnn(CF)c2)nc1-c1cc(F)cc([N+](=O)[O-])c1. The van der Waals surface area contributed by atoms with Gasteiger partial charge in [0.15, 0.2) is 6.80 Å². The minimum atomic E-state index is -2.65. The minimum Gasteiger partial charge on any atom is -0.494 e. The normalized spacial score (nSPS) is 11.5. The van der Waals surface area contributed by atoms with Crippen LogP contribution in [0.2, 0.25) is 0 Å². The van der Waals surface area contributed by atoms with Crippen molar-refractivity contribution in [2.24, 2.45) is 0 Å². The second-order valence-electron chi connectivity index (χ2n) is 5.76. The van der Waals surface area contributed by atoms with Crippen LogP contribution in [0.15, 0.2) is 42.7 Å². The van der Waals surface area contributed by atoms with Gasteiger partial charge in [-0.15, -0.1) is 0 Å². The number of alkyl halides is 1. The molecular weight excluding hydrogens is 378 g/mol. The van der Waals surface area contributed by atoms with Gasteiger partial charge in [0.05, 0.1) is 29.9 Å². The second-order valence-corrected chi connectivity index (χ2v) is 5.76. The summed E-state index contributed by atoms with van der Waals surface area (Å²) in [6, 6.07) is 5.40. The van der Waals surface area contributed by atoms with Gasteiger partial charge in [-0.2, -0.15) is 5.10 Å². The maximum Gasteiger partial charge on any atom is 0.273 e. The maximum atomic E-state index is 13.8. The lowest BCUT2D eigenvalue weighted by Crippen LogP contribution is -2.27. The number of benzene rings is 1. The number of hydrogen-bond acceptors (Lipinski definition) is 7. The Bertz CT molecular complexity index is 1040. The number of non-ortho nitro benzene ring substituents is 1. The minimum absolute atomic E-state index is 0.000605. The first-order valence-corrected chi connectivity index (χ1v) is 7.80. The van der Waals surface area contributed by atoms with Gasteiger partial charge in [-0.05, 0) is 18.2 Å². The number of hydrogen-bond donors (Lipinski definition) is 2. The third-order valence-corrected chi connectivity index (χ3v) is 3.96. The third kappa shape index (κ3) is 3.52. The lowest BCUT2D eigenvalue weighted by Gasteiger charge is -2.21. The lowest BCUT2D eigenvalue weighted by atomic mass is 10.0. The van der Waals surface area contributed by atoms with Crippen molar-refractivity contribution in [1.29, 1.82) is 0 Å². The molecule has 0 amide bonds. The predicted molar refractivity (Wildman–Crippen MR) is 91.4 cm³/mol. The second kappa shape index (κ2) is 7.29. The molecule has 0 aliphatic rings. The van der Waals surface area contributed by atoms with Crippen molar-refractivity contribution in [1.82, 2.24) is 14.8 Å². The first-order chi connectivity index (χ1) is 13.3. The van der Waals surface area contributed by atoms with Crippen LogP contribution in [0.5, 0.6) is 5.75 Å². The van der Waals surface area contributed by atoms with Crippen molar-refractivity contribution >= 4 is 5.69 Å². The molecule has 3 aromatic rings. The molecule has 0 saturated carbocycles. The van der Waals surface area contributed by atoms with Crippen LogP contribution in [-0.2, 0) is 12.6 Å². The quantitative estimate of drug-likeness (QED) is 0.374. The number of nitrogens with zero attached hydrogens (tertiary/aromatic N) is 4. The Morgan fingerprint density at radius 2 is 2.07 bits per heavy atom. The zero-order valence-electron chi connectivity index (χ0n) is 14.4. The summed E-state index contributed by atoms with van der Waals surface area (Å²) in [4.78, 5) is 14.3. The van der Waals surface area contributed by atoms with Crippen LogP contribution in [0.25, 0.3) is 11.3 Å². The van der Waals surface area contributed by atoms with E-state index in [0.29, 0.717) is 0 Å². The molecule has 0 saturated heterocycles. The van der Waals surface area contributed by atoms with Crippen molar-refractivity contribution in [3.63, 3.8) is 0 Å². The van der Waals surface area contributed by atoms with Gasteiger partial charge in [0.2, 0.25) is 5.79 Å². The molecule has 0 radical (unpaired) electrons. The molecule has 2 heterocycles. The molecule has 3 rings (SSSR count). The van der Waals surface area contributed by atoms with E-state index < -0.39 is 29.0 Å². The highest BCUT2D eigenvalue weighted by Gasteiger charge is 2.33. The number of ether oxygens (including phenoxy) is 1. The number of halogens is 2. The molecule has 0 atom stereocenters. The fourth-order valence-electron chi connectivity index (χ4n) is 2.59. The van der Waals surface area contributed by atoms with Crippen LogP contribution in [-0.4, -0.2) is 37.0 Å².